The number of nitrogens with zero attached hydrogens (tertiary/aromatic N) is 1. The van der Waals surface area contributed by atoms with Crippen LogP contribution < -0.4 is 10.9 Å². The zero-order chi connectivity index (χ0) is 5.98. The Hall–Kier alpha value is -1.03. The van der Waals surface area contributed by atoms with E-state index < -0.39 is 5.91 Å². The molecule has 1 heterocycles. The van der Waals surface area contributed by atoms with Gasteiger partial charge in [-0.1, -0.05) is 0 Å². The summed E-state index contributed by atoms with van der Waals surface area (Å²) in [5.74, 6) is -0.875. The van der Waals surface area contributed by atoms with Gasteiger partial charge in [-0.3, -0.25) is 4.79 Å². The molecular weight excluding hydrogens is 108 g/mol. The molecule has 1 aliphatic rings. The smallest absolute Gasteiger partial charge is 0.323 e. The second kappa shape index (κ2) is 1.83. The topological polar surface area (TPSA) is 63.4 Å². The van der Waals surface area contributed by atoms with Crippen LogP contribution in [0.1, 0.15) is 0 Å². The fourth-order valence-electron chi connectivity index (χ4n) is 0.404. The lowest BCUT2D eigenvalue weighted by atomic mass is 10.4. The van der Waals surface area contributed by atoms with Gasteiger partial charge in [0.05, 0.1) is 0 Å². The average Bonchev–Trinajstić information content (AvgIpc) is 1.77. The molecule has 0 aromatic rings. The summed E-state index contributed by atoms with van der Waals surface area (Å²) in [5, 5.41) is 8.56. The first-order valence-electron chi connectivity index (χ1n) is 2.18. The minimum Gasteiger partial charge on any atom is -0.503 e. The molecule has 1 amide bonds. The number of nitrogens with one attached hydrogen (secondary N) is 1. The second-order valence-corrected chi connectivity index (χ2v) is 1.37. The molecule has 2 N–H and O–H groups in total. The van der Waals surface area contributed by atoms with Crippen LogP contribution >= 0.6 is 0 Å². The molecule has 1 aliphatic heterocycles. The Labute approximate surface area is 46.2 Å². The van der Waals surface area contributed by atoms with Crippen molar-refractivity contribution in [1.29, 1.82) is 0 Å². The molecule has 43 valence electrons. The normalized spacial score (nSPS) is 19.5. The van der Waals surface area contributed by atoms with E-state index in [-0.39, 0.29) is 5.76 Å². The van der Waals surface area contributed by atoms with Gasteiger partial charge in [0.2, 0.25) is 0 Å². The van der Waals surface area contributed by atoms with Gasteiger partial charge in [0.15, 0.2) is 5.76 Å². The molecule has 0 spiro atoms. The quantitative estimate of drug-likeness (QED) is 0.427. The highest BCUT2D eigenvalue weighted by Gasteiger charge is 2.11. The zero-order valence-electron chi connectivity index (χ0n) is 4.09. The predicted molar refractivity (Wildman–Crippen MR) is 25.9 cm³/mol. The number of carbonyl (C=O) groups is 1. The Bertz CT molecular complexity index is 141. The fourth-order valence-corrected chi connectivity index (χ4v) is 0.404. The number of carbonyl (C=O) groups excluding carboxylic acids is 1. The molecule has 1 radical (unpaired) electrons. The Morgan fingerprint density at radius 1 is 1.88 bits per heavy atom. The van der Waals surface area contributed by atoms with Crippen LogP contribution in [-0.4, -0.2) is 17.6 Å². The summed E-state index contributed by atoms with van der Waals surface area (Å²) in [4.78, 5) is 10.2. The van der Waals surface area contributed by atoms with Gasteiger partial charge in [-0.25, -0.2) is 5.43 Å². The summed E-state index contributed by atoms with van der Waals surface area (Å²) in [6, 6.07) is 0. The Kier molecular flexibility index (Phi) is 1.17. The molecule has 8 heavy (non-hydrogen) atoms. The third-order valence-electron chi connectivity index (χ3n) is 0.786. The van der Waals surface area contributed by atoms with E-state index in [0.717, 1.165) is 0 Å². The van der Waals surface area contributed by atoms with E-state index in [1.54, 1.807) is 0 Å². The van der Waals surface area contributed by atoms with Gasteiger partial charge >= 0.3 is 5.91 Å². The second-order valence-electron chi connectivity index (χ2n) is 1.37. The summed E-state index contributed by atoms with van der Waals surface area (Å²) < 4.78 is 0. The van der Waals surface area contributed by atoms with Crippen LogP contribution in [0, 0.1) is 0 Å². The van der Waals surface area contributed by atoms with Gasteiger partial charge < -0.3 is 5.11 Å². The summed E-state index contributed by atoms with van der Waals surface area (Å²) in [6.07, 6.45) is 1.37. The lowest BCUT2D eigenvalue weighted by Crippen LogP contribution is -2.35. The van der Waals surface area contributed by atoms with Gasteiger partial charge in [-0.2, -0.15) is 5.43 Å². The fraction of sp³-hybridized carbons (Fsp3) is 0.250. The number of hydrogen-bond acceptors (Lipinski definition) is 3. The third kappa shape index (κ3) is 0.788. The molecule has 0 aromatic carbocycles. The number of amides is 1. The van der Waals surface area contributed by atoms with Crippen molar-refractivity contribution in [1.82, 2.24) is 10.9 Å². The highest BCUT2D eigenvalue weighted by Crippen LogP contribution is 1.89. The van der Waals surface area contributed by atoms with Crippen LogP contribution in [0.25, 0.3) is 0 Å². The Morgan fingerprint density at radius 3 is 3.00 bits per heavy atom. The van der Waals surface area contributed by atoms with Gasteiger partial charge in [-0.15, -0.1) is 0 Å². The molecule has 4 heteroatoms. The van der Waals surface area contributed by atoms with E-state index in [2.05, 4.69) is 10.9 Å². The highest BCUT2D eigenvalue weighted by molar-refractivity contribution is 5.90. The number of rotatable bonds is 0. The molecule has 0 saturated heterocycles. The SMILES string of the molecule is O=C1[N]NCC=C1O. The molecule has 0 saturated carbocycles. The van der Waals surface area contributed by atoms with Crippen molar-refractivity contribution >= 4 is 5.91 Å². The molecule has 0 aliphatic carbocycles. The van der Waals surface area contributed by atoms with Crippen molar-refractivity contribution < 1.29 is 9.90 Å². The van der Waals surface area contributed by atoms with Crippen molar-refractivity contribution in [3.05, 3.63) is 11.8 Å². The van der Waals surface area contributed by atoms with Crippen molar-refractivity contribution in [2.24, 2.45) is 0 Å². The molecule has 0 unspecified atom stereocenters. The van der Waals surface area contributed by atoms with Crippen LogP contribution in [0.15, 0.2) is 11.8 Å². The predicted octanol–water partition coefficient (Wildman–Crippen LogP) is -0.923. The summed E-state index contributed by atoms with van der Waals surface area (Å²) in [6.45, 7) is 0.428. The Morgan fingerprint density at radius 2 is 2.62 bits per heavy atom. The molecule has 0 aromatic heterocycles. The first-order chi connectivity index (χ1) is 3.80. The van der Waals surface area contributed by atoms with Crippen LogP contribution in [0.4, 0.5) is 0 Å². The van der Waals surface area contributed by atoms with Gasteiger partial charge in [-0.05, 0) is 6.08 Å². The molecule has 0 fully saturated rings. The van der Waals surface area contributed by atoms with Gasteiger partial charge in [0.25, 0.3) is 0 Å². The van der Waals surface area contributed by atoms with E-state index in [1.165, 1.54) is 6.08 Å². The number of aliphatic hydroxyl groups excluding tert-OH is 1. The average molecular weight is 113 g/mol. The van der Waals surface area contributed by atoms with Crippen LogP contribution in [0.2, 0.25) is 0 Å². The standard InChI is InChI=1S/C4H5N2O2/c7-3-1-2-5-6-4(3)8/h1,5,7H,2H2. The largest absolute Gasteiger partial charge is 0.503 e. The first kappa shape index (κ1) is 5.11. The molecule has 0 bridgehead atoms. The molecule has 4 nitrogen and oxygen atoms in total. The lowest BCUT2D eigenvalue weighted by molar-refractivity contribution is -0.121. The lowest BCUT2D eigenvalue weighted by Gasteiger charge is -2.05. The minimum atomic E-state index is -0.601. The maximum atomic E-state index is 10.2. The van der Waals surface area contributed by atoms with E-state index in [0.29, 0.717) is 6.54 Å². The summed E-state index contributed by atoms with van der Waals surface area (Å²) in [7, 11) is 0. The minimum absolute atomic E-state index is 0.274. The van der Waals surface area contributed by atoms with Gasteiger partial charge in [0, 0.05) is 6.54 Å². The summed E-state index contributed by atoms with van der Waals surface area (Å²) in [5.41, 5.74) is 5.61. The van der Waals surface area contributed by atoms with Crippen LogP contribution in [0.3, 0.4) is 0 Å². The highest BCUT2D eigenvalue weighted by atomic mass is 16.3. The van der Waals surface area contributed by atoms with Crippen LogP contribution in [-0.2, 0) is 4.79 Å². The van der Waals surface area contributed by atoms with E-state index in [9.17, 15) is 4.79 Å². The van der Waals surface area contributed by atoms with Crippen molar-refractivity contribution in [2.45, 2.75) is 0 Å². The van der Waals surface area contributed by atoms with Crippen molar-refractivity contribution in [2.75, 3.05) is 6.54 Å². The van der Waals surface area contributed by atoms with Crippen LogP contribution in [0.5, 0.6) is 0 Å². The maximum Gasteiger partial charge on any atom is 0.323 e. The first-order valence-corrected chi connectivity index (χ1v) is 2.18. The van der Waals surface area contributed by atoms with E-state index >= 15 is 0 Å². The monoisotopic (exact) mass is 113 g/mol. The maximum absolute atomic E-state index is 10.2. The Balaban J connectivity index is 2.67. The van der Waals surface area contributed by atoms with Gasteiger partial charge in [0.1, 0.15) is 0 Å². The van der Waals surface area contributed by atoms with E-state index in [4.69, 9.17) is 5.11 Å². The number of hydrogen-bond donors (Lipinski definition) is 2. The van der Waals surface area contributed by atoms with Crippen molar-refractivity contribution in [3.8, 4) is 0 Å². The molecule has 1 rings (SSSR count). The zero-order valence-corrected chi connectivity index (χ0v) is 4.09. The number of aliphatic hydroxyl groups is 1. The molecular formula is C4H5N2O2. The molecule has 0 atom stereocenters. The third-order valence-corrected chi connectivity index (χ3v) is 0.786. The van der Waals surface area contributed by atoms with Crippen molar-refractivity contribution in [3.63, 3.8) is 0 Å². The summed E-state index contributed by atoms with van der Waals surface area (Å²) >= 11 is 0. The van der Waals surface area contributed by atoms with E-state index in [1.807, 2.05) is 0 Å².